The van der Waals surface area contributed by atoms with Crippen molar-refractivity contribution in [1.29, 1.82) is 0 Å². The van der Waals surface area contributed by atoms with Crippen molar-refractivity contribution in [2.45, 2.75) is 33.2 Å². The van der Waals surface area contributed by atoms with E-state index in [0.29, 0.717) is 41.3 Å². The number of pyridine rings is 1. The fourth-order valence-electron chi connectivity index (χ4n) is 4.86. The molecular formula is C27H32N4O4. The van der Waals surface area contributed by atoms with Gasteiger partial charge in [0.2, 0.25) is 0 Å². The smallest absolute Gasteiger partial charge is 0.295 e. The Balaban J connectivity index is 1.85. The Hall–Kier alpha value is -3.65. The molecule has 8 heteroatoms. The molecule has 184 valence electrons. The number of ketones is 1. The number of hydrogen-bond donors (Lipinski definition) is 1. The van der Waals surface area contributed by atoms with E-state index in [-0.39, 0.29) is 11.3 Å². The van der Waals surface area contributed by atoms with Crippen molar-refractivity contribution in [2.24, 2.45) is 0 Å². The Kier molecular flexibility index (Phi) is 7.21. The topological polar surface area (TPSA) is 87.4 Å². The number of Topliss-reactive ketones (excluding diaryl/α,β-unsaturated/α-hetero) is 1. The number of rotatable bonds is 9. The number of aryl methyl sites for hydroxylation is 1. The number of aliphatic hydroxyl groups excluding tert-OH is 1. The second-order valence-corrected chi connectivity index (χ2v) is 8.59. The summed E-state index contributed by atoms with van der Waals surface area (Å²) in [4.78, 5) is 35.0. The molecule has 35 heavy (non-hydrogen) atoms. The summed E-state index contributed by atoms with van der Waals surface area (Å²) >= 11 is 0. The average molecular weight is 477 g/mol. The molecule has 1 N–H and O–H groups in total. The van der Waals surface area contributed by atoms with Crippen molar-refractivity contribution in [3.8, 4) is 5.75 Å². The number of fused-ring (bicyclic) bond motifs is 1. The molecule has 0 saturated carbocycles. The van der Waals surface area contributed by atoms with Gasteiger partial charge in [-0.3, -0.25) is 14.0 Å². The molecule has 1 aromatic carbocycles. The van der Waals surface area contributed by atoms with E-state index in [9.17, 15) is 14.7 Å². The lowest BCUT2D eigenvalue weighted by Gasteiger charge is -2.27. The largest absolute Gasteiger partial charge is 0.505 e. The number of carbonyl (C=O) groups is 2. The summed E-state index contributed by atoms with van der Waals surface area (Å²) in [6.45, 7) is 9.00. The molecule has 3 heterocycles. The van der Waals surface area contributed by atoms with Crippen molar-refractivity contribution >= 4 is 23.1 Å². The van der Waals surface area contributed by atoms with Crippen molar-refractivity contribution in [2.75, 3.05) is 33.3 Å². The summed E-state index contributed by atoms with van der Waals surface area (Å²) in [7, 11) is 1.56. The van der Waals surface area contributed by atoms with Gasteiger partial charge in [-0.15, -0.1) is 0 Å². The van der Waals surface area contributed by atoms with Gasteiger partial charge in [0.15, 0.2) is 5.76 Å². The van der Waals surface area contributed by atoms with Crippen LogP contribution in [0.15, 0.2) is 54.2 Å². The fourth-order valence-corrected chi connectivity index (χ4v) is 4.86. The van der Waals surface area contributed by atoms with Gasteiger partial charge in [0.05, 0.1) is 24.4 Å². The summed E-state index contributed by atoms with van der Waals surface area (Å²) in [6, 6.07) is 12.1. The first-order valence-electron chi connectivity index (χ1n) is 12.0. The summed E-state index contributed by atoms with van der Waals surface area (Å²) in [5, 5.41) is 11.5. The lowest BCUT2D eigenvalue weighted by Crippen LogP contribution is -2.33. The maximum absolute atomic E-state index is 13.4. The van der Waals surface area contributed by atoms with E-state index < -0.39 is 17.7 Å². The number of para-hydroxylation sites is 1. The molecular weight excluding hydrogens is 444 g/mol. The predicted octanol–water partition coefficient (Wildman–Crippen LogP) is 3.80. The van der Waals surface area contributed by atoms with E-state index in [1.165, 1.54) is 0 Å². The molecule has 1 saturated heterocycles. The molecule has 0 bridgehead atoms. The summed E-state index contributed by atoms with van der Waals surface area (Å²) in [5.74, 6) is -1.00. The molecule has 2 aromatic heterocycles. The first kappa shape index (κ1) is 24.5. The number of ether oxygens (including phenoxy) is 1. The third-order valence-corrected chi connectivity index (χ3v) is 6.67. The number of nitrogens with zero attached hydrogens (tertiary/aromatic N) is 4. The quantitative estimate of drug-likeness (QED) is 0.287. The zero-order chi connectivity index (χ0) is 25.1. The number of aliphatic hydroxyl groups is 1. The third kappa shape index (κ3) is 4.41. The Bertz CT molecular complexity index is 1280. The van der Waals surface area contributed by atoms with E-state index in [0.717, 1.165) is 19.6 Å². The highest BCUT2D eigenvalue weighted by atomic mass is 16.5. The number of hydrogen-bond acceptors (Lipinski definition) is 6. The fraction of sp³-hybridized carbons (Fsp3) is 0.370. The van der Waals surface area contributed by atoms with Crippen LogP contribution in [0.25, 0.3) is 11.4 Å². The molecule has 8 nitrogen and oxygen atoms in total. The lowest BCUT2D eigenvalue weighted by atomic mass is 9.95. The Morgan fingerprint density at radius 1 is 1.11 bits per heavy atom. The highest BCUT2D eigenvalue weighted by molar-refractivity contribution is 6.46. The number of carbonyl (C=O) groups excluding carboxylic acids is 2. The van der Waals surface area contributed by atoms with E-state index in [1.807, 2.05) is 36.4 Å². The zero-order valence-corrected chi connectivity index (χ0v) is 20.7. The molecule has 1 aliphatic rings. The second kappa shape index (κ2) is 10.3. The lowest BCUT2D eigenvalue weighted by molar-refractivity contribution is -0.140. The van der Waals surface area contributed by atoms with Gasteiger partial charge in [-0.25, -0.2) is 4.98 Å². The Morgan fingerprint density at radius 2 is 1.83 bits per heavy atom. The van der Waals surface area contributed by atoms with Crippen molar-refractivity contribution in [3.05, 3.63) is 71.2 Å². The van der Waals surface area contributed by atoms with Crippen LogP contribution in [0, 0.1) is 6.92 Å². The van der Waals surface area contributed by atoms with E-state index in [1.54, 1.807) is 35.6 Å². The Morgan fingerprint density at radius 3 is 2.54 bits per heavy atom. The molecule has 0 radical (unpaired) electrons. The van der Waals surface area contributed by atoms with Gasteiger partial charge in [-0.05, 0) is 51.2 Å². The first-order valence-corrected chi connectivity index (χ1v) is 12.0. The number of likely N-dealkylation sites (tertiary alicyclic amines) is 1. The van der Waals surface area contributed by atoms with Gasteiger partial charge in [-0.2, -0.15) is 0 Å². The molecule has 1 aliphatic heterocycles. The maximum Gasteiger partial charge on any atom is 0.295 e. The number of aromatic nitrogens is 2. The molecule has 1 atom stereocenters. The van der Waals surface area contributed by atoms with Crippen LogP contribution in [-0.4, -0.2) is 69.3 Å². The molecule has 1 fully saturated rings. The summed E-state index contributed by atoms with van der Waals surface area (Å²) in [6.07, 6.45) is 2.48. The number of amides is 1. The molecule has 1 amide bonds. The third-order valence-electron chi connectivity index (χ3n) is 6.67. The number of methoxy groups -OCH3 is 1. The standard InChI is InChI=1S/C27H32N4O4/c1-5-29(6-2)15-11-17-31-24(19-12-7-8-13-20(19)35-4)22(26(33)27(31)34)25(32)23-18(3)28-21-14-9-10-16-30(21)23/h7-10,12-14,16,24,32H,5-6,11,15,17H2,1-4H3/b25-22+/t24-/m0/s1. The van der Waals surface area contributed by atoms with Crippen LogP contribution in [0.2, 0.25) is 0 Å². The molecule has 0 aliphatic carbocycles. The highest BCUT2D eigenvalue weighted by Gasteiger charge is 2.47. The van der Waals surface area contributed by atoms with Crippen molar-refractivity contribution in [3.63, 3.8) is 0 Å². The monoisotopic (exact) mass is 476 g/mol. The van der Waals surface area contributed by atoms with Gasteiger partial charge in [0, 0.05) is 18.3 Å². The van der Waals surface area contributed by atoms with Gasteiger partial charge in [-0.1, -0.05) is 38.1 Å². The van der Waals surface area contributed by atoms with E-state index >= 15 is 0 Å². The average Bonchev–Trinajstić information content (AvgIpc) is 3.34. The summed E-state index contributed by atoms with van der Waals surface area (Å²) in [5.41, 5.74) is 2.33. The van der Waals surface area contributed by atoms with Gasteiger partial charge in [0.25, 0.3) is 11.7 Å². The zero-order valence-electron chi connectivity index (χ0n) is 20.7. The normalized spacial score (nSPS) is 17.6. The number of imidazole rings is 1. The maximum atomic E-state index is 13.4. The van der Waals surface area contributed by atoms with Crippen LogP contribution >= 0.6 is 0 Å². The van der Waals surface area contributed by atoms with Crippen LogP contribution in [0.1, 0.15) is 43.3 Å². The molecule has 0 unspecified atom stereocenters. The van der Waals surface area contributed by atoms with Crippen LogP contribution in [0.4, 0.5) is 0 Å². The van der Waals surface area contributed by atoms with Crippen molar-refractivity contribution < 1.29 is 19.4 Å². The minimum absolute atomic E-state index is 0.0519. The van der Waals surface area contributed by atoms with E-state index in [4.69, 9.17) is 4.74 Å². The predicted molar refractivity (Wildman–Crippen MR) is 134 cm³/mol. The SMILES string of the molecule is CCN(CC)CCCN1C(=O)C(=O)/C(=C(/O)c2c(C)nc3ccccn23)[C@@H]1c1ccccc1OC. The first-order chi connectivity index (χ1) is 16.9. The van der Waals surface area contributed by atoms with Crippen LogP contribution in [0.5, 0.6) is 5.75 Å². The Labute approximate surface area is 205 Å². The second-order valence-electron chi connectivity index (χ2n) is 8.59. The van der Waals surface area contributed by atoms with Crippen LogP contribution in [0.3, 0.4) is 0 Å². The summed E-state index contributed by atoms with van der Waals surface area (Å²) < 4.78 is 7.32. The highest BCUT2D eigenvalue weighted by Crippen LogP contribution is 2.43. The molecule has 3 aromatic rings. The van der Waals surface area contributed by atoms with Crippen LogP contribution < -0.4 is 4.74 Å². The number of benzene rings is 1. The minimum atomic E-state index is -0.767. The van der Waals surface area contributed by atoms with Gasteiger partial charge < -0.3 is 19.6 Å². The minimum Gasteiger partial charge on any atom is -0.505 e. The van der Waals surface area contributed by atoms with Crippen molar-refractivity contribution in [1.82, 2.24) is 19.2 Å². The van der Waals surface area contributed by atoms with Gasteiger partial charge in [0.1, 0.15) is 17.1 Å². The molecule has 0 spiro atoms. The van der Waals surface area contributed by atoms with Crippen LogP contribution in [-0.2, 0) is 9.59 Å². The molecule has 4 rings (SSSR count). The van der Waals surface area contributed by atoms with Gasteiger partial charge >= 0.3 is 0 Å². The van der Waals surface area contributed by atoms with E-state index in [2.05, 4.69) is 23.7 Å².